The van der Waals surface area contributed by atoms with Crippen LogP contribution in [0.1, 0.15) is 24.8 Å². The molecule has 0 aliphatic carbocycles. The zero-order valence-corrected chi connectivity index (χ0v) is 14.3. The number of rotatable bonds is 7. The van der Waals surface area contributed by atoms with E-state index < -0.39 is 0 Å². The first-order valence-electron chi connectivity index (χ1n) is 8.18. The van der Waals surface area contributed by atoms with E-state index in [1.54, 1.807) is 7.11 Å². The molecule has 0 atom stereocenters. The Hall–Kier alpha value is -2.47. The lowest BCUT2D eigenvalue weighted by Crippen LogP contribution is -2.10. The minimum Gasteiger partial charge on any atom is -0.383 e. The number of nitrogens with one attached hydrogen (secondary N) is 1. The van der Waals surface area contributed by atoms with Crippen molar-refractivity contribution in [2.24, 2.45) is 0 Å². The standard InChI is InChI=1S/C18H22N4O2/c1-4-5-16-21-18(22-24-16)14-11-13-10-12(2)6-7-15(13)20-17(14)19-8-9-23-3/h6-7,10-11H,4-5,8-9H2,1-3H3,(H,19,20). The number of ether oxygens (including phenoxy) is 1. The van der Waals surface area contributed by atoms with Crippen LogP contribution in [0.25, 0.3) is 22.3 Å². The highest BCUT2D eigenvalue weighted by molar-refractivity contribution is 5.88. The van der Waals surface area contributed by atoms with Gasteiger partial charge in [-0.1, -0.05) is 23.7 Å². The largest absolute Gasteiger partial charge is 0.383 e. The van der Waals surface area contributed by atoms with Crippen molar-refractivity contribution in [2.75, 3.05) is 25.6 Å². The van der Waals surface area contributed by atoms with E-state index in [0.29, 0.717) is 24.9 Å². The van der Waals surface area contributed by atoms with Crippen LogP contribution in [0.15, 0.2) is 28.8 Å². The van der Waals surface area contributed by atoms with Crippen LogP contribution in [0.3, 0.4) is 0 Å². The van der Waals surface area contributed by atoms with Gasteiger partial charge in [0.15, 0.2) is 0 Å². The van der Waals surface area contributed by atoms with Crippen molar-refractivity contribution in [1.29, 1.82) is 0 Å². The number of hydrogen-bond donors (Lipinski definition) is 1. The van der Waals surface area contributed by atoms with Gasteiger partial charge in [-0.25, -0.2) is 4.98 Å². The fourth-order valence-corrected chi connectivity index (χ4v) is 2.55. The average molecular weight is 326 g/mol. The van der Waals surface area contributed by atoms with Gasteiger partial charge in [-0.2, -0.15) is 4.98 Å². The van der Waals surface area contributed by atoms with Crippen LogP contribution in [0.5, 0.6) is 0 Å². The molecular weight excluding hydrogens is 304 g/mol. The van der Waals surface area contributed by atoms with E-state index >= 15 is 0 Å². The number of fused-ring (bicyclic) bond motifs is 1. The Morgan fingerprint density at radius 3 is 2.88 bits per heavy atom. The summed E-state index contributed by atoms with van der Waals surface area (Å²) >= 11 is 0. The molecule has 0 aliphatic heterocycles. The molecule has 1 aromatic carbocycles. The second-order valence-corrected chi connectivity index (χ2v) is 5.76. The van der Waals surface area contributed by atoms with Gasteiger partial charge >= 0.3 is 0 Å². The van der Waals surface area contributed by atoms with Gasteiger partial charge in [0, 0.05) is 25.5 Å². The van der Waals surface area contributed by atoms with Crippen LogP contribution < -0.4 is 5.32 Å². The van der Waals surface area contributed by atoms with Crippen molar-refractivity contribution < 1.29 is 9.26 Å². The Morgan fingerprint density at radius 1 is 1.21 bits per heavy atom. The Balaban J connectivity index is 2.04. The molecule has 24 heavy (non-hydrogen) atoms. The Bertz CT molecular complexity index is 829. The molecule has 0 bridgehead atoms. The normalized spacial score (nSPS) is 11.1. The molecule has 3 rings (SSSR count). The fourth-order valence-electron chi connectivity index (χ4n) is 2.55. The van der Waals surface area contributed by atoms with E-state index in [9.17, 15) is 0 Å². The molecule has 0 unspecified atom stereocenters. The van der Waals surface area contributed by atoms with Crippen molar-refractivity contribution >= 4 is 16.7 Å². The number of methoxy groups -OCH3 is 1. The van der Waals surface area contributed by atoms with Gasteiger partial charge in [-0.3, -0.25) is 0 Å². The molecule has 2 heterocycles. The quantitative estimate of drug-likeness (QED) is 0.669. The van der Waals surface area contributed by atoms with Crippen molar-refractivity contribution in [2.45, 2.75) is 26.7 Å². The molecule has 3 aromatic rings. The first kappa shape index (κ1) is 16.4. The summed E-state index contributed by atoms with van der Waals surface area (Å²) in [5.41, 5.74) is 2.96. The summed E-state index contributed by atoms with van der Waals surface area (Å²) in [7, 11) is 1.68. The molecule has 6 nitrogen and oxygen atoms in total. The van der Waals surface area contributed by atoms with Crippen LogP contribution in [0.4, 0.5) is 5.82 Å². The minimum atomic E-state index is 0.564. The fraction of sp³-hybridized carbons (Fsp3) is 0.389. The van der Waals surface area contributed by atoms with Gasteiger partial charge in [-0.15, -0.1) is 0 Å². The number of nitrogens with zero attached hydrogens (tertiary/aromatic N) is 3. The zero-order valence-electron chi connectivity index (χ0n) is 14.3. The molecule has 0 radical (unpaired) electrons. The van der Waals surface area contributed by atoms with Gasteiger partial charge in [-0.05, 0) is 31.5 Å². The van der Waals surface area contributed by atoms with Crippen LogP contribution in [0.2, 0.25) is 0 Å². The third kappa shape index (κ3) is 3.54. The number of aromatic nitrogens is 3. The highest BCUT2D eigenvalue weighted by Crippen LogP contribution is 2.29. The second-order valence-electron chi connectivity index (χ2n) is 5.76. The number of benzene rings is 1. The lowest BCUT2D eigenvalue weighted by atomic mass is 10.1. The molecule has 0 aliphatic rings. The molecular formula is C18H22N4O2. The predicted molar refractivity (Wildman–Crippen MR) is 94.1 cm³/mol. The Morgan fingerprint density at radius 2 is 2.08 bits per heavy atom. The minimum absolute atomic E-state index is 0.564. The number of hydrogen-bond acceptors (Lipinski definition) is 6. The van der Waals surface area contributed by atoms with Crippen molar-refractivity contribution in [3.63, 3.8) is 0 Å². The maximum absolute atomic E-state index is 5.33. The van der Waals surface area contributed by atoms with Gasteiger partial charge < -0.3 is 14.6 Å². The maximum atomic E-state index is 5.33. The molecule has 0 saturated carbocycles. The average Bonchev–Trinajstić information content (AvgIpc) is 3.03. The van der Waals surface area contributed by atoms with Crippen LogP contribution in [0, 0.1) is 6.92 Å². The molecule has 0 amide bonds. The van der Waals surface area contributed by atoms with Gasteiger partial charge in [0.25, 0.3) is 0 Å². The van der Waals surface area contributed by atoms with E-state index in [-0.39, 0.29) is 0 Å². The molecule has 126 valence electrons. The monoisotopic (exact) mass is 326 g/mol. The van der Waals surface area contributed by atoms with Gasteiger partial charge in [0.2, 0.25) is 11.7 Å². The summed E-state index contributed by atoms with van der Waals surface area (Å²) in [6.45, 7) is 5.41. The topological polar surface area (TPSA) is 73.1 Å². The summed E-state index contributed by atoms with van der Waals surface area (Å²) in [4.78, 5) is 9.23. The lowest BCUT2D eigenvalue weighted by molar-refractivity contribution is 0.210. The Labute approximate surface area is 141 Å². The number of pyridine rings is 1. The van der Waals surface area contributed by atoms with E-state index in [2.05, 4.69) is 47.5 Å². The smallest absolute Gasteiger partial charge is 0.226 e. The second kappa shape index (κ2) is 7.40. The third-order valence-electron chi connectivity index (χ3n) is 3.74. The third-order valence-corrected chi connectivity index (χ3v) is 3.74. The van der Waals surface area contributed by atoms with Crippen LogP contribution in [-0.2, 0) is 11.2 Å². The van der Waals surface area contributed by atoms with E-state index in [1.165, 1.54) is 5.56 Å². The Kier molecular flexibility index (Phi) is 5.05. The highest BCUT2D eigenvalue weighted by atomic mass is 16.5. The van der Waals surface area contributed by atoms with Crippen molar-refractivity contribution in [1.82, 2.24) is 15.1 Å². The van der Waals surface area contributed by atoms with Crippen LogP contribution in [-0.4, -0.2) is 35.4 Å². The van der Waals surface area contributed by atoms with E-state index in [1.807, 2.05) is 6.07 Å². The first-order valence-corrected chi connectivity index (χ1v) is 8.18. The summed E-state index contributed by atoms with van der Waals surface area (Å²) in [5, 5.41) is 8.49. The van der Waals surface area contributed by atoms with Gasteiger partial charge in [0.1, 0.15) is 5.82 Å². The maximum Gasteiger partial charge on any atom is 0.226 e. The summed E-state index contributed by atoms with van der Waals surface area (Å²) in [6, 6.07) is 8.25. The molecule has 0 spiro atoms. The van der Waals surface area contributed by atoms with Crippen LogP contribution >= 0.6 is 0 Å². The SMILES string of the molecule is CCCc1nc(-c2cc3cc(C)ccc3nc2NCCOC)no1. The number of anilines is 1. The molecule has 2 aromatic heterocycles. The van der Waals surface area contributed by atoms with Crippen molar-refractivity contribution in [3.8, 4) is 11.4 Å². The first-order chi connectivity index (χ1) is 11.7. The number of aryl methyl sites for hydroxylation is 2. The molecule has 0 saturated heterocycles. The van der Waals surface area contributed by atoms with E-state index in [0.717, 1.165) is 35.1 Å². The summed E-state index contributed by atoms with van der Waals surface area (Å²) in [5.74, 6) is 1.96. The summed E-state index contributed by atoms with van der Waals surface area (Å²) < 4.78 is 10.4. The molecule has 6 heteroatoms. The lowest BCUT2D eigenvalue weighted by Gasteiger charge is -2.10. The molecule has 1 N–H and O–H groups in total. The van der Waals surface area contributed by atoms with Gasteiger partial charge in [0.05, 0.1) is 17.7 Å². The highest BCUT2D eigenvalue weighted by Gasteiger charge is 2.15. The van der Waals surface area contributed by atoms with E-state index in [4.69, 9.17) is 14.2 Å². The predicted octanol–water partition coefficient (Wildman–Crippen LogP) is 3.60. The molecule has 0 fully saturated rings. The van der Waals surface area contributed by atoms with Crippen molar-refractivity contribution in [3.05, 3.63) is 35.7 Å². The zero-order chi connectivity index (χ0) is 16.9. The summed E-state index contributed by atoms with van der Waals surface area (Å²) in [6.07, 6.45) is 1.75.